The Labute approximate surface area is 134 Å². The molecule has 0 atom stereocenters. The first-order chi connectivity index (χ1) is 11.3. The average molecular weight is 301 g/mol. The zero-order chi connectivity index (χ0) is 15.6. The molecular weight excluding hydrogens is 286 g/mol. The Morgan fingerprint density at radius 3 is 2.57 bits per heavy atom. The molecule has 2 aliphatic heterocycles. The van der Waals surface area contributed by atoms with Crippen LogP contribution in [0, 0.1) is 0 Å². The van der Waals surface area contributed by atoms with Crippen LogP contribution in [0.15, 0.2) is 77.0 Å². The standard InChI is InChI=1S/C19H15N3O/c23-19-18(16-11-10-14-8-4-5-9-15(14)20-16)17(21-22-19)12-13-6-2-1-3-7-13/h1-11,20H,12H2,(H,22,23). The number of para-hydroxylation sites is 1. The molecule has 23 heavy (non-hydrogen) atoms. The molecule has 1 amide bonds. The fourth-order valence-corrected chi connectivity index (χ4v) is 2.82. The Balaban J connectivity index is 1.69. The Morgan fingerprint density at radius 1 is 0.913 bits per heavy atom. The van der Waals surface area contributed by atoms with Gasteiger partial charge in [-0.15, -0.1) is 0 Å². The lowest BCUT2D eigenvalue weighted by atomic mass is 9.98. The molecule has 0 aliphatic carbocycles. The van der Waals surface area contributed by atoms with Crippen LogP contribution in [0.25, 0.3) is 6.08 Å². The van der Waals surface area contributed by atoms with E-state index in [2.05, 4.69) is 15.8 Å². The van der Waals surface area contributed by atoms with Gasteiger partial charge in [-0.05, 0) is 23.3 Å². The number of anilines is 1. The van der Waals surface area contributed by atoms with Crippen molar-refractivity contribution in [1.82, 2.24) is 5.43 Å². The number of nitrogens with zero attached hydrogens (tertiary/aromatic N) is 1. The fraction of sp³-hybridized carbons (Fsp3) is 0.0526. The van der Waals surface area contributed by atoms with Crippen molar-refractivity contribution in [1.29, 1.82) is 0 Å². The summed E-state index contributed by atoms with van der Waals surface area (Å²) in [6, 6.07) is 18.0. The lowest BCUT2D eigenvalue weighted by Crippen LogP contribution is -2.19. The van der Waals surface area contributed by atoms with Gasteiger partial charge in [0.05, 0.1) is 17.0 Å². The van der Waals surface area contributed by atoms with Crippen LogP contribution in [0.3, 0.4) is 0 Å². The molecule has 2 aromatic rings. The molecular formula is C19H15N3O. The van der Waals surface area contributed by atoms with Crippen molar-refractivity contribution in [3.8, 4) is 0 Å². The Bertz CT molecular complexity index is 863. The lowest BCUT2D eigenvalue weighted by Gasteiger charge is -2.17. The molecule has 4 heteroatoms. The van der Waals surface area contributed by atoms with Crippen LogP contribution >= 0.6 is 0 Å². The van der Waals surface area contributed by atoms with E-state index in [1.54, 1.807) is 0 Å². The van der Waals surface area contributed by atoms with E-state index in [1.807, 2.05) is 66.7 Å². The number of benzene rings is 2. The minimum atomic E-state index is -0.164. The largest absolute Gasteiger partial charge is 0.354 e. The number of amides is 1. The van der Waals surface area contributed by atoms with Gasteiger partial charge in [0.25, 0.3) is 5.91 Å². The van der Waals surface area contributed by atoms with E-state index in [1.165, 1.54) is 0 Å². The Hall–Kier alpha value is -3.14. The zero-order valence-electron chi connectivity index (χ0n) is 12.4. The molecule has 0 bridgehead atoms. The van der Waals surface area contributed by atoms with Gasteiger partial charge in [0, 0.05) is 12.1 Å². The van der Waals surface area contributed by atoms with E-state index in [0.717, 1.165) is 28.2 Å². The minimum absolute atomic E-state index is 0.164. The van der Waals surface area contributed by atoms with Crippen molar-refractivity contribution in [2.24, 2.45) is 5.10 Å². The van der Waals surface area contributed by atoms with Gasteiger partial charge in [-0.25, -0.2) is 5.43 Å². The third kappa shape index (κ3) is 2.55. The van der Waals surface area contributed by atoms with Gasteiger partial charge in [-0.3, -0.25) is 4.79 Å². The quantitative estimate of drug-likeness (QED) is 0.837. The molecule has 0 fully saturated rings. The zero-order valence-corrected chi connectivity index (χ0v) is 12.4. The third-order valence-electron chi connectivity index (χ3n) is 3.95. The van der Waals surface area contributed by atoms with Gasteiger partial charge < -0.3 is 5.32 Å². The van der Waals surface area contributed by atoms with Crippen LogP contribution in [0.2, 0.25) is 0 Å². The minimum Gasteiger partial charge on any atom is -0.354 e. The van der Waals surface area contributed by atoms with Crippen molar-refractivity contribution in [3.63, 3.8) is 0 Å². The smallest absolute Gasteiger partial charge is 0.275 e. The van der Waals surface area contributed by atoms with Gasteiger partial charge >= 0.3 is 0 Å². The van der Waals surface area contributed by atoms with Crippen LogP contribution < -0.4 is 10.7 Å². The summed E-state index contributed by atoms with van der Waals surface area (Å²) in [4.78, 5) is 12.2. The van der Waals surface area contributed by atoms with E-state index >= 15 is 0 Å². The predicted octanol–water partition coefficient (Wildman–Crippen LogP) is 3.11. The SMILES string of the molecule is O=C1NN=C(Cc2ccccc2)C1=C1C=Cc2ccccc2N1. The number of carbonyl (C=O) groups excluding carboxylic acids is 1. The molecule has 0 radical (unpaired) electrons. The first-order valence-corrected chi connectivity index (χ1v) is 7.51. The highest BCUT2D eigenvalue weighted by Crippen LogP contribution is 2.27. The molecule has 0 saturated carbocycles. The molecule has 2 N–H and O–H groups in total. The maximum absolute atomic E-state index is 12.2. The van der Waals surface area contributed by atoms with E-state index in [4.69, 9.17) is 0 Å². The molecule has 112 valence electrons. The first kappa shape index (κ1) is 13.5. The summed E-state index contributed by atoms with van der Waals surface area (Å²) in [6.07, 6.45) is 4.57. The summed E-state index contributed by atoms with van der Waals surface area (Å²) >= 11 is 0. The second-order valence-corrected chi connectivity index (χ2v) is 5.50. The Morgan fingerprint density at radius 2 is 1.70 bits per heavy atom. The highest BCUT2D eigenvalue weighted by molar-refractivity contribution is 6.26. The second-order valence-electron chi connectivity index (χ2n) is 5.50. The number of hydrazone groups is 1. The number of rotatable bonds is 2. The van der Waals surface area contributed by atoms with Crippen LogP contribution in [0.5, 0.6) is 0 Å². The molecule has 2 aromatic carbocycles. The molecule has 0 unspecified atom stereocenters. The van der Waals surface area contributed by atoms with E-state index in [9.17, 15) is 4.79 Å². The fourth-order valence-electron chi connectivity index (χ4n) is 2.82. The number of fused-ring (bicyclic) bond motifs is 1. The van der Waals surface area contributed by atoms with Crippen molar-refractivity contribution < 1.29 is 4.79 Å². The van der Waals surface area contributed by atoms with Crippen molar-refractivity contribution in [2.45, 2.75) is 6.42 Å². The summed E-state index contributed by atoms with van der Waals surface area (Å²) in [5, 5.41) is 7.55. The summed E-state index contributed by atoms with van der Waals surface area (Å²) in [5.74, 6) is -0.164. The number of allylic oxidation sites excluding steroid dienone is 1. The Kier molecular flexibility index (Phi) is 3.27. The summed E-state index contributed by atoms with van der Waals surface area (Å²) < 4.78 is 0. The second kappa shape index (κ2) is 5.57. The number of hydrogen-bond acceptors (Lipinski definition) is 3. The van der Waals surface area contributed by atoms with Gasteiger partial charge in [0.1, 0.15) is 0 Å². The monoisotopic (exact) mass is 301 g/mol. The molecule has 4 nitrogen and oxygen atoms in total. The molecule has 0 saturated heterocycles. The summed E-state index contributed by atoms with van der Waals surface area (Å²) in [5.41, 5.74) is 7.96. The number of carbonyl (C=O) groups is 1. The van der Waals surface area contributed by atoms with Gasteiger partial charge in [-0.1, -0.05) is 54.6 Å². The number of hydrogen-bond donors (Lipinski definition) is 2. The molecule has 0 aromatic heterocycles. The van der Waals surface area contributed by atoms with Crippen LogP contribution in [0.4, 0.5) is 5.69 Å². The van der Waals surface area contributed by atoms with E-state index < -0.39 is 0 Å². The van der Waals surface area contributed by atoms with Crippen LogP contribution in [0.1, 0.15) is 11.1 Å². The summed E-state index contributed by atoms with van der Waals surface area (Å²) in [7, 11) is 0. The topological polar surface area (TPSA) is 53.5 Å². The van der Waals surface area contributed by atoms with Crippen LogP contribution in [-0.4, -0.2) is 11.6 Å². The lowest BCUT2D eigenvalue weighted by molar-refractivity contribution is -0.116. The third-order valence-corrected chi connectivity index (χ3v) is 3.95. The van der Waals surface area contributed by atoms with Gasteiger partial charge in [0.2, 0.25) is 0 Å². The van der Waals surface area contributed by atoms with E-state index in [-0.39, 0.29) is 5.91 Å². The summed E-state index contributed by atoms with van der Waals surface area (Å²) in [6.45, 7) is 0. The van der Waals surface area contributed by atoms with Gasteiger partial charge in [-0.2, -0.15) is 5.10 Å². The molecule has 0 spiro atoms. The number of nitrogens with one attached hydrogen (secondary N) is 2. The first-order valence-electron chi connectivity index (χ1n) is 7.51. The maximum Gasteiger partial charge on any atom is 0.275 e. The molecule has 2 aliphatic rings. The van der Waals surface area contributed by atoms with Gasteiger partial charge in [0.15, 0.2) is 0 Å². The van der Waals surface area contributed by atoms with Crippen molar-refractivity contribution >= 4 is 23.4 Å². The molecule has 2 heterocycles. The normalized spacial score (nSPS) is 19.0. The van der Waals surface area contributed by atoms with E-state index in [0.29, 0.717) is 12.0 Å². The molecule has 4 rings (SSSR count). The predicted molar refractivity (Wildman–Crippen MR) is 91.8 cm³/mol. The highest BCUT2D eigenvalue weighted by atomic mass is 16.2. The average Bonchev–Trinajstić information content (AvgIpc) is 2.96. The highest BCUT2D eigenvalue weighted by Gasteiger charge is 2.27. The van der Waals surface area contributed by atoms with Crippen molar-refractivity contribution in [2.75, 3.05) is 5.32 Å². The van der Waals surface area contributed by atoms with Crippen LogP contribution in [-0.2, 0) is 11.2 Å². The maximum atomic E-state index is 12.2. The van der Waals surface area contributed by atoms with Crippen molar-refractivity contribution in [3.05, 3.63) is 83.1 Å².